The van der Waals surface area contributed by atoms with Gasteiger partial charge in [0.2, 0.25) is 5.91 Å². The number of ether oxygens (including phenoxy) is 1. The highest BCUT2D eigenvalue weighted by Gasteiger charge is 2.46. The minimum atomic E-state index is -0.887. The summed E-state index contributed by atoms with van der Waals surface area (Å²) in [6, 6.07) is 15.8. The number of carbonyl (C=O) groups is 2. The third-order valence-corrected chi connectivity index (χ3v) is 8.83. The average molecular weight is 603 g/mol. The molecular formula is C31H31Cl2F2N3O3. The molecule has 0 saturated carbocycles. The molecule has 2 aliphatic rings. The summed E-state index contributed by atoms with van der Waals surface area (Å²) in [4.78, 5) is 31.6. The molecule has 2 aliphatic heterocycles. The number of benzene rings is 3. The molecule has 216 valence electrons. The topological polar surface area (TPSA) is 53.1 Å². The van der Waals surface area contributed by atoms with E-state index < -0.39 is 17.6 Å². The van der Waals surface area contributed by atoms with Crippen LogP contribution >= 0.6 is 23.2 Å². The van der Waals surface area contributed by atoms with Crippen LogP contribution in [0.5, 0.6) is 0 Å². The van der Waals surface area contributed by atoms with Crippen LogP contribution in [0.2, 0.25) is 10.0 Å². The Morgan fingerprint density at radius 3 is 2.46 bits per heavy atom. The van der Waals surface area contributed by atoms with Crippen LogP contribution < -0.4 is 4.90 Å². The summed E-state index contributed by atoms with van der Waals surface area (Å²) < 4.78 is 33.8. The van der Waals surface area contributed by atoms with Crippen molar-refractivity contribution < 1.29 is 23.1 Å². The Bertz CT molecular complexity index is 1460. The van der Waals surface area contributed by atoms with Crippen LogP contribution in [-0.4, -0.2) is 55.5 Å². The van der Waals surface area contributed by atoms with Gasteiger partial charge in [0.1, 0.15) is 17.2 Å². The van der Waals surface area contributed by atoms with Crippen molar-refractivity contribution in [1.82, 2.24) is 9.80 Å². The largest absolute Gasteiger partial charge is 0.437 e. The maximum Gasteiger partial charge on any atom is 0.414 e. The molecular weight excluding hydrogens is 571 g/mol. The highest BCUT2D eigenvalue weighted by atomic mass is 35.5. The summed E-state index contributed by atoms with van der Waals surface area (Å²) in [6.45, 7) is 2.07. The molecule has 3 aromatic carbocycles. The monoisotopic (exact) mass is 601 g/mol. The van der Waals surface area contributed by atoms with E-state index in [-0.39, 0.29) is 24.1 Å². The van der Waals surface area contributed by atoms with Crippen LogP contribution in [0.15, 0.2) is 60.7 Å². The highest BCUT2D eigenvalue weighted by Crippen LogP contribution is 2.45. The number of likely N-dealkylation sites (tertiary alicyclic amines) is 1. The molecule has 0 N–H and O–H groups in total. The quantitative estimate of drug-likeness (QED) is 0.293. The predicted octanol–water partition coefficient (Wildman–Crippen LogP) is 6.98. The average Bonchev–Trinajstić information content (AvgIpc) is 2.94. The van der Waals surface area contributed by atoms with E-state index in [0.29, 0.717) is 65.8 Å². The van der Waals surface area contributed by atoms with Gasteiger partial charge in [-0.15, -0.1) is 0 Å². The van der Waals surface area contributed by atoms with Gasteiger partial charge in [0.05, 0.1) is 21.7 Å². The van der Waals surface area contributed by atoms with Crippen molar-refractivity contribution in [2.75, 3.05) is 38.6 Å². The fourth-order valence-electron chi connectivity index (χ4n) is 5.79. The molecule has 5 rings (SSSR count). The first-order valence-electron chi connectivity index (χ1n) is 13.5. The van der Waals surface area contributed by atoms with Crippen LogP contribution in [0.3, 0.4) is 0 Å². The highest BCUT2D eigenvalue weighted by molar-refractivity contribution is 6.42. The lowest BCUT2D eigenvalue weighted by Gasteiger charge is -2.46. The standard InChI is InChI=1S/C31H31Cl2F2N3O3/c1-36(19-20-4-3-5-22(34)16-20)29(39)24(21-6-8-26(32)27(33)17-21)10-13-38-14-11-31(12-15-38)25-18-23(35)7-9-28(25)37(2)30(40)41-31/h3-9,16-18,24H,10-15,19H2,1-2H3. The maximum absolute atomic E-state index is 14.2. The van der Waals surface area contributed by atoms with E-state index in [9.17, 15) is 18.4 Å². The van der Waals surface area contributed by atoms with Gasteiger partial charge in [-0.1, -0.05) is 41.4 Å². The molecule has 0 radical (unpaired) electrons. The Hall–Kier alpha value is -3.20. The minimum Gasteiger partial charge on any atom is -0.437 e. The molecule has 0 bridgehead atoms. The van der Waals surface area contributed by atoms with Crippen molar-refractivity contribution in [3.05, 3.63) is 99.0 Å². The second-order valence-electron chi connectivity index (χ2n) is 10.8. The minimum absolute atomic E-state index is 0.116. The van der Waals surface area contributed by atoms with Gasteiger partial charge in [0.25, 0.3) is 0 Å². The first kappa shape index (κ1) is 29.3. The number of nitrogens with zero attached hydrogens (tertiary/aromatic N) is 3. The molecule has 1 saturated heterocycles. The molecule has 6 nitrogen and oxygen atoms in total. The van der Waals surface area contributed by atoms with Gasteiger partial charge in [-0.3, -0.25) is 9.69 Å². The van der Waals surface area contributed by atoms with Crippen molar-refractivity contribution in [1.29, 1.82) is 0 Å². The zero-order valence-corrected chi connectivity index (χ0v) is 24.4. The van der Waals surface area contributed by atoms with Gasteiger partial charge >= 0.3 is 6.09 Å². The molecule has 1 fully saturated rings. The first-order valence-corrected chi connectivity index (χ1v) is 14.3. The summed E-state index contributed by atoms with van der Waals surface area (Å²) in [5.41, 5.74) is 1.89. The van der Waals surface area contributed by atoms with Crippen LogP contribution in [-0.2, 0) is 21.7 Å². The molecule has 0 aromatic heterocycles. The molecule has 1 spiro atoms. The van der Waals surface area contributed by atoms with E-state index in [4.69, 9.17) is 27.9 Å². The Kier molecular flexibility index (Phi) is 8.55. The number of piperidine rings is 1. The second-order valence-corrected chi connectivity index (χ2v) is 11.6. The number of anilines is 1. The van der Waals surface area contributed by atoms with Crippen LogP contribution in [0.4, 0.5) is 19.3 Å². The predicted molar refractivity (Wildman–Crippen MR) is 155 cm³/mol. The van der Waals surface area contributed by atoms with Gasteiger partial charge in [-0.2, -0.15) is 0 Å². The number of fused-ring (bicyclic) bond motifs is 2. The van der Waals surface area contributed by atoms with Gasteiger partial charge in [-0.05, 0) is 66.6 Å². The van der Waals surface area contributed by atoms with Gasteiger partial charge in [0, 0.05) is 52.1 Å². The smallest absolute Gasteiger partial charge is 0.414 e. The van der Waals surface area contributed by atoms with Crippen molar-refractivity contribution in [2.45, 2.75) is 37.3 Å². The third kappa shape index (κ3) is 6.20. The Morgan fingerprint density at radius 2 is 1.76 bits per heavy atom. The molecule has 2 amide bonds. The number of carbonyl (C=O) groups excluding carboxylic acids is 2. The van der Waals surface area contributed by atoms with Gasteiger partial charge in [0.15, 0.2) is 0 Å². The lowest BCUT2D eigenvalue weighted by Crippen LogP contribution is -2.51. The summed E-state index contributed by atoms with van der Waals surface area (Å²) in [5.74, 6) is -1.35. The van der Waals surface area contributed by atoms with Crippen LogP contribution in [0, 0.1) is 11.6 Å². The molecule has 1 atom stereocenters. The Labute approximate surface area is 248 Å². The number of hydrogen-bond acceptors (Lipinski definition) is 4. The van der Waals surface area contributed by atoms with E-state index in [0.717, 1.165) is 5.56 Å². The van der Waals surface area contributed by atoms with E-state index >= 15 is 0 Å². The lowest BCUT2D eigenvalue weighted by molar-refractivity contribution is -0.132. The number of likely N-dealkylation sites (N-methyl/N-ethyl adjacent to an activating group) is 1. The van der Waals surface area contributed by atoms with Crippen molar-refractivity contribution in [3.63, 3.8) is 0 Å². The molecule has 41 heavy (non-hydrogen) atoms. The normalized spacial score (nSPS) is 17.2. The summed E-state index contributed by atoms with van der Waals surface area (Å²) in [7, 11) is 3.32. The molecule has 2 heterocycles. The molecule has 1 unspecified atom stereocenters. The number of hydrogen-bond donors (Lipinski definition) is 0. The van der Waals surface area contributed by atoms with Crippen molar-refractivity contribution in [3.8, 4) is 0 Å². The summed E-state index contributed by atoms with van der Waals surface area (Å²) in [6.07, 6.45) is 1.07. The lowest BCUT2D eigenvalue weighted by atomic mass is 9.81. The zero-order valence-electron chi connectivity index (χ0n) is 22.9. The summed E-state index contributed by atoms with van der Waals surface area (Å²) in [5, 5.41) is 0.769. The molecule has 0 aliphatic carbocycles. The van der Waals surface area contributed by atoms with E-state index in [2.05, 4.69) is 4.90 Å². The van der Waals surface area contributed by atoms with E-state index in [1.807, 2.05) is 6.07 Å². The van der Waals surface area contributed by atoms with Crippen LogP contribution in [0.1, 0.15) is 41.9 Å². The first-order chi connectivity index (χ1) is 19.6. The van der Waals surface area contributed by atoms with E-state index in [1.165, 1.54) is 29.2 Å². The Morgan fingerprint density at radius 1 is 1.02 bits per heavy atom. The maximum atomic E-state index is 14.2. The fraction of sp³-hybridized carbons (Fsp3) is 0.355. The number of rotatable bonds is 7. The third-order valence-electron chi connectivity index (χ3n) is 8.09. The number of amides is 2. The molecule has 3 aromatic rings. The van der Waals surface area contributed by atoms with Crippen LogP contribution in [0.25, 0.3) is 0 Å². The zero-order chi connectivity index (χ0) is 29.3. The van der Waals surface area contributed by atoms with Gasteiger partial charge in [-0.25, -0.2) is 13.6 Å². The SMILES string of the molecule is CN(Cc1cccc(F)c1)C(=O)C(CCN1CCC2(CC1)OC(=O)N(C)c1ccc(F)cc12)c1ccc(Cl)c(Cl)c1. The Balaban J connectivity index is 1.30. The van der Waals surface area contributed by atoms with Crippen molar-refractivity contribution in [2.24, 2.45) is 0 Å². The molecule has 10 heteroatoms. The number of halogens is 4. The second kappa shape index (κ2) is 12.0. The van der Waals surface area contributed by atoms with Crippen molar-refractivity contribution >= 4 is 40.9 Å². The summed E-state index contributed by atoms with van der Waals surface area (Å²) >= 11 is 12.5. The fourth-order valence-corrected chi connectivity index (χ4v) is 6.10. The van der Waals surface area contributed by atoms with E-state index in [1.54, 1.807) is 49.3 Å². The van der Waals surface area contributed by atoms with Gasteiger partial charge < -0.3 is 14.5 Å².